The molecule has 1 heterocycles. The number of carbonyl (C=O) groups excluding carboxylic acids is 4. The summed E-state index contributed by atoms with van der Waals surface area (Å²) in [5, 5.41) is 2.55. The Hall–Kier alpha value is -3.00. The fraction of sp³-hybridized carbons (Fsp3) is 0.250. The molecule has 0 aliphatic carbocycles. The molecular weight excluding hydrogens is 312 g/mol. The van der Waals surface area contributed by atoms with Crippen molar-refractivity contribution in [1.82, 2.24) is 15.1 Å². The normalized spacial score (nSPS) is 15.6. The van der Waals surface area contributed by atoms with E-state index in [-0.39, 0.29) is 13.1 Å². The van der Waals surface area contributed by atoms with E-state index in [1.165, 1.54) is 6.08 Å². The Labute approximate surface area is 138 Å². The number of nitrogens with one attached hydrogen (secondary N) is 1. The second-order valence-electron chi connectivity index (χ2n) is 5.20. The van der Waals surface area contributed by atoms with Crippen molar-refractivity contribution in [3.05, 3.63) is 48.6 Å². The van der Waals surface area contributed by atoms with Crippen LogP contribution in [0, 0.1) is 0 Å². The summed E-state index contributed by atoms with van der Waals surface area (Å²) in [4.78, 5) is 48.7. The molecule has 3 N–H and O–H groups in total. The molecule has 8 nitrogen and oxygen atoms in total. The molecule has 0 saturated carbocycles. The molecular formula is C16H18N4O4. The minimum atomic E-state index is -1.02. The van der Waals surface area contributed by atoms with E-state index in [0.29, 0.717) is 4.90 Å². The highest BCUT2D eigenvalue weighted by molar-refractivity contribution is 6.45. The van der Waals surface area contributed by atoms with Gasteiger partial charge in [0.15, 0.2) is 0 Å². The maximum Gasteiger partial charge on any atom is 0.335 e. The van der Waals surface area contributed by atoms with Crippen molar-refractivity contribution in [3.8, 4) is 0 Å². The average Bonchev–Trinajstić information content (AvgIpc) is 2.79. The van der Waals surface area contributed by atoms with Crippen LogP contribution >= 0.6 is 0 Å². The molecule has 0 aromatic heterocycles. The van der Waals surface area contributed by atoms with E-state index < -0.39 is 36.3 Å². The third-order valence-electron chi connectivity index (χ3n) is 3.50. The van der Waals surface area contributed by atoms with Crippen molar-refractivity contribution in [2.45, 2.75) is 6.04 Å². The number of urea groups is 1. The maximum atomic E-state index is 12.0. The zero-order chi connectivity index (χ0) is 17.7. The van der Waals surface area contributed by atoms with Crippen molar-refractivity contribution in [1.29, 1.82) is 0 Å². The van der Waals surface area contributed by atoms with Crippen LogP contribution in [0.2, 0.25) is 0 Å². The van der Waals surface area contributed by atoms with Crippen LogP contribution in [0.15, 0.2) is 43.0 Å². The van der Waals surface area contributed by atoms with Crippen LogP contribution < -0.4 is 11.1 Å². The fourth-order valence-electron chi connectivity index (χ4n) is 2.22. The quantitative estimate of drug-likeness (QED) is 0.408. The Bertz CT molecular complexity index is 674. The minimum absolute atomic E-state index is 0.0829. The van der Waals surface area contributed by atoms with Crippen LogP contribution in [0.25, 0.3) is 0 Å². The van der Waals surface area contributed by atoms with E-state index >= 15 is 0 Å². The van der Waals surface area contributed by atoms with Crippen LogP contribution in [0.1, 0.15) is 11.6 Å². The van der Waals surface area contributed by atoms with Crippen LogP contribution in [-0.4, -0.2) is 53.2 Å². The number of imide groups is 2. The summed E-state index contributed by atoms with van der Waals surface area (Å²) in [7, 11) is 0. The standard InChI is InChI=1S/C16H18N4O4/c1-2-8-19-14(22)15(23)20(16(19)24)10-13(21)18-9-12(17)11-6-4-3-5-7-11/h2-7,12H,1,8-10,17H2,(H,18,21). The molecule has 24 heavy (non-hydrogen) atoms. The predicted molar refractivity (Wildman–Crippen MR) is 85.4 cm³/mol. The lowest BCUT2D eigenvalue weighted by Gasteiger charge is -2.16. The van der Waals surface area contributed by atoms with Crippen LogP contribution in [0.4, 0.5) is 4.79 Å². The molecule has 0 radical (unpaired) electrons. The highest BCUT2D eigenvalue weighted by atomic mass is 16.2. The van der Waals surface area contributed by atoms with Gasteiger partial charge in [0.2, 0.25) is 5.91 Å². The highest BCUT2D eigenvalue weighted by Crippen LogP contribution is 2.12. The summed E-state index contributed by atoms with van der Waals surface area (Å²) in [5.41, 5.74) is 6.80. The molecule has 1 aliphatic heterocycles. The molecule has 5 amide bonds. The van der Waals surface area contributed by atoms with E-state index in [0.717, 1.165) is 10.5 Å². The van der Waals surface area contributed by atoms with E-state index in [4.69, 9.17) is 5.73 Å². The first-order valence-electron chi connectivity index (χ1n) is 7.31. The van der Waals surface area contributed by atoms with E-state index in [2.05, 4.69) is 11.9 Å². The van der Waals surface area contributed by atoms with Gasteiger partial charge >= 0.3 is 17.8 Å². The van der Waals surface area contributed by atoms with Gasteiger partial charge in [-0.15, -0.1) is 6.58 Å². The van der Waals surface area contributed by atoms with Gasteiger partial charge in [0.1, 0.15) is 6.54 Å². The number of nitrogens with two attached hydrogens (primary N) is 1. The molecule has 1 saturated heterocycles. The first-order chi connectivity index (χ1) is 11.5. The number of hydrogen-bond acceptors (Lipinski definition) is 5. The number of rotatable bonds is 7. The molecule has 1 unspecified atom stereocenters. The molecule has 1 aromatic rings. The van der Waals surface area contributed by atoms with Crippen molar-refractivity contribution >= 4 is 23.8 Å². The van der Waals surface area contributed by atoms with E-state index in [9.17, 15) is 19.2 Å². The number of nitrogens with zero attached hydrogens (tertiary/aromatic N) is 2. The van der Waals surface area contributed by atoms with E-state index in [1.54, 1.807) is 0 Å². The summed E-state index contributed by atoms with van der Waals surface area (Å²) < 4.78 is 0. The van der Waals surface area contributed by atoms with Gasteiger partial charge in [-0.05, 0) is 5.56 Å². The summed E-state index contributed by atoms with van der Waals surface area (Å²) in [6, 6.07) is 7.93. The monoisotopic (exact) mass is 330 g/mol. The van der Waals surface area contributed by atoms with Crippen LogP contribution in [0.3, 0.4) is 0 Å². The van der Waals surface area contributed by atoms with Gasteiger partial charge in [0.25, 0.3) is 0 Å². The first-order valence-corrected chi connectivity index (χ1v) is 7.31. The zero-order valence-corrected chi connectivity index (χ0v) is 13.0. The zero-order valence-electron chi connectivity index (χ0n) is 13.0. The number of benzene rings is 1. The molecule has 1 fully saturated rings. The minimum Gasteiger partial charge on any atom is -0.353 e. The number of amides is 5. The lowest BCUT2D eigenvalue weighted by Crippen LogP contribution is -2.43. The Morgan fingerprint density at radius 1 is 1.17 bits per heavy atom. The summed E-state index contributed by atoms with van der Waals surface area (Å²) in [5.74, 6) is -2.56. The molecule has 126 valence electrons. The van der Waals surface area contributed by atoms with Crippen molar-refractivity contribution in [2.75, 3.05) is 19.6 Å². The Morgan fingerprint density at radius 3 is 2.42 bits per heavy atom. The average molecular weight is 330 g/mol. The third-order valence-corrected chi connectivity index (χ3v) is 3.50. The molecule has 1 aliphatic rings. The topological polar surface area (TPSA) is 113 Å². The smallest absolute Gasteiger partial charge is 0.335 e. The van der Waals surface area contributed by atoms with Crippen molar-refractivity contribution < 1.29 is 19.2 Å². The Kier molecular flexibility index (Phi) is 5.43. The molecule has 0 bridgehead atoms. The van der Waals surface area contributed by atoms with Gasteiger partial charge in [0.05, 0.1) is 0 Å². The summed E-state index contributed by atoms with van der Waals surface area (Å²) >= 11 is 0. The summed E-state index contributed by atoms with van der Waals surface area (Å²) in [6.07, 6.45) is 1.32. The van der Waals surface area contributed by atoms with Gasteiger partial charge < -0.3 is 11.1 Å². The predicted octanol–water partition coefficient (Wildman–Crippen LogP) is -0.221. The molecule has 8 heteroatoms. The van der Waals surface area contributed by atoms with Gasteiger partial charge in [-0.3, -0.25) is 19.3 Å². The lowest BCUT2D eigenvalue weighted by molar-refractivity contribution is -0.143. The second-order valence-corrected chi connectivity index (χ2v) is 5.20. The SMILES string of the molecule is C=CCN1C(=O)C(=O)N(CC(=O)NCC(N)c2ccccc2)C1=O. The Balaban J connectivity index is 1.90. The third kappa shape index (κ3) is 3.66. The molecule has 1 aromatic carbocycles. The van der Waals surface area contributed by atoms with Gasteiger partial charge in [0, 0.05) is 19.1 Å². The second kappa shape index (κ2) is 7.51. The molecule has 0 spiro atoms. The molecule has 2 rings (SSSR count). The van der Waals surface area contributed by atoms with Crippen LogP contribution in [0.5, 0.6) is 0 Å². The van der Waals surface area contributed by atoms with Gasteiger partial charge in [-0.1, -0.05) is 36.4 Å². The number of hydrogen-bond donors (Lipinski definition) is 2. The fourth-order valence-corrected chi connectivity index (χ4v) is 2.22. The summed E-state index contributed by atoms with van der Waals surface area (Å²) in [6.45, 7) is 2.94. The van der Waals surface area contributed by atoms with Gasteiger partial charge in [-0.2, -0.15) is 0 Å². The first kappa shape index (κ1) is 17.4. The highest BCUT2D eigenvalue weighted by Gasteiger charge is 2.44. The molecule has 1 atom stereocenters. The lowest BCUT2D eigenvalue weighted by atomic mass is 10.1. The maximum absolute atomic E-state index is 12.0. The van der Waals surface area contributed by atoms with Gasteiger partial charge in [-0.25, -0.2) is 9.69 Å². The number of carbonyl (C=O) groups is 4. The van der Waals surface area contributed by atoms with Crippen LogP contribution in [-0.2, 0) is 14.4 Å². The largest absolute Gasteiger partial charge is 0.353 e. The van der Waals surface area contributed by atoms with Crippen molar-refractivity contribution in [3.63, 3.8) is 0 Å². The van der Waals surface area contributed by atoms with E-state index in [1.807, 2.05) is 30.3 Å². The van der Waals surface area contributed by atoms with Crippen molar-refractivity contribution in [2.24, 2.45) is 5.73 Å². The Morgan fingerprint density at radius 2 is 1.79 bits per heavy atom.